The summed E-state index contributed by atoms with van der Waals surface area (Å²) >= 11 is 3.43. The highest BCUT2D eigenvalue weighted by Crippen LogP contribution is 2.24. The van der Waals surface area contributed by atoms with Gasteiger partial charge in [-0.15, -0.1) is 0 Å². The molecule has 0 radical (unpaired) electrons. The molecule has 0 bridgehead atoms. The van der Waals surface area contributed by atoms with E-state index in [2.05, 4.69) is 31.2 Å². The van der Waals surface area contributed by atoms with Crippen molar-refractivity contribution in [2.75, 3.05) is 12.4 Å². The van der Waals surface area contributed by atoms with Crippen molar-refractivity contribution in [2.45, 2.75) is 6.54 Å². The first kappa shape index (κ1) is 11.9. The van der Waals surface area contributed by atoms with Crippen LogP contribution in [0, 0.1) is 0 Å². The maximum Gasteiger partial charge on any atom is 0.122 e. The Balaban J connectivity index is 2.06. The standard InChI is InChI=1S/C12H12BrN3O/c1-17-12-5-9(13)4-10(6-12)16-8-11-7-14-2-3-15-11/h2-7,16H,8H2,1H3. The van der Waals surface area contributed by atoms with Crippen LogP contribution in [0.2, 0.25) is 0 Å². The van der Waals surface area contributed by atoms with Gasteiger partial charge in [-0.2, -0.15) is 0 Å². The van der Waals surface area contributed by atoms with Gasteiger partial charge in [-0.25, -0.2) is 0 Å². The van der Waals surface area contributed by atoms with Crippen molar-refractivity contribution in [3.8, 4) is 5.75 Å². The van der Waals surface area contributed by atoms with E-state index in [0.717, 1.165) is 21.6 Å². The Morgan fingerprint density at radius 1 is 1.29 bits per heavy atom. The summed E-state index contributed by atoms with van der Waals surface area (Å²) in [6.45, 7) is 0.632. The van der Waals surface area contributed by atoms with E-state index in [1.54, 1.807) is 25.7 Å². The quantitative estimate of drug-likeness (QED) is 0.942. The molecular weight excluding hydrogens is 282 g/mol. The van der Waals surface area contributed by atoms with E-state index in [9.17, 15) is 0 Å². The summed E-state index contributed by atoms with van der Waals surface area (Å²) in [6.07, 6.45) is 5.08. The number of hydrogen-bond donors (Lipinski definition) is 1. The third kappa shape index (κ3) is 3.42. The summed E-state index contributed by atoms with van der Waals surface area (Å²) in [5.74, 6) is 0.807. The minimum absolute atomic E-state index is 0.632. The van der Waals surface area contributed by atoms with E-state index in [-0.39, 0.29) is 0 Å². The lowest BCUT2D eigenvalue weighted by molar-refractivity contribution is 0.414. The van der Waals surface area contributed by atoms with Crippen LogP contribution in [-0.4, -0.2) is 17.1 Å². The second-order valence-corrected chi connectivity index (χ2v) is 4.35. The van der Waals surface area contributed by atoms with Crippen LogP contribution in [0.4, 0.5) is 5.69 Å². The molecule has 0 aliphatic heterocycles. The van der Waals surface area contributed by atoms with E-state index in [1.807, 2.05) is 18.2 Å². The second-order valence-electron chi connectivity index (χ2n) is 3.43. The fourth-order valence-electron chi connectivity index (χ4n) is 1.40. The molecular formula is C12H12BrN3O. The first-order chi connectivity index (χ1) is 8.28. The maximum absolute atomic E-state index is 5.19. The maximum atomic E-state index is 5.19. The van der Waals surface area contributed by atoms with Gasteiger partial charge in [-0.05, 0) is 12.1 Å². The van der Waals surface area contributed by atoms with Crippen molar-refractivity contribution in [3.63, 3.8) is 0 Å². The number of halogens is 1. The molecule has 0 aliphatic carbocycles. The number of ether oxygens (including phenoxy) is 1. The summed E-state index contributed by atoms with van der Waals surface area (Å²) in [6, 6.07) is 5.83. The van der Waals surface area contributed by atoms with Crippen LogP contribution in [0.25, 0.3) is 0 Å². The molecule has 4 nitrogen and oxygen atoms in total. The molecule has 17 heavy (non-hydrogen) atoms. The van der Waals surface area contributed by atoms with Gasteiger partial charge in [0.1, 0.15) is 5.75 Å². The lowest BCUT2D eigenvalue weighted by atomic mass is 10.3. The third-order valence-electron chi connectivity index (χ3n) is 2.20. The number of nitrogens with zero attached hydrogens (tertiary/aromatic N) is 2. The molecule has 1 N–H and O–H groups in total. The number of hydrogen-bond acceptors (Lipinski definition) is 4. The van der Waals surface area contributed by atoms with Crippen LogP contribution in [0.5, 0.6) is 5.75 Å². The average molecular weight is 294 g/mol. The highest BCUT2D eigenvalue weighted by atomic mass is 79.9. The second kappa shape index (κ2) is 5.63. The van der Waals surface area contributed by atoms with Crippen molar-refractivity contribution >= 4 is 21.6 Å². The Morgan fingerprint density at radius 2 is 2.18 bits per heavy atom. The van der Waals surface area contributed by atoms with Gasteiger partial charge in [-0.3, -0.25) is 9.97 Å². The fraction of sp³-hybridized carbons (Fsp3) is 0.167. The van der Waals surface area contributed by atoms with Gasteiger partial charge in [0.2, 0.25) is 0 Å². The minimum atomic E-state index is 0.632. The number of anilines is 1. The fourth-order valence-corrected chi connectivity index (χ4v) is 1.87. The van der Waals surface area contributed by atoms with Crippen LogP contribution in [0.3, 0.4) is 0 Å². The molecule has 0 unspecified atom stereocenters. The first-order valence-electron chi connectivity index (χ1n) is 5.11. The van der Waals surface area contributed by atoms with Gasteiger partial charge < -0.3 is 10.1 Å². The Kier molecular flexibility index (Phi) is 3.93. The Labute approximate surface area is 108 Å². The summed E-state index contributed by atoms with van der Waals surface area (Å²) in [7, 11) is 1.65. The van der Waals surface area contributed by atoms with E-state index in [1.165, 1.54) is 0 Å². The van der Waals surface area contributed by atoms with E-state index < -0.39 is 0 Å². The lowest BCUT2D eigenvalue weighted by Gasteiger charge is -2.08. The molecule has 1 aromatic heterocycles. The van der Waals surface area contributed by atoms with Crippen LogP contribution in [0.1, 0.15) is 5.69 Å². The van der Waals surface area contributed by atoms with Crippen molar-refractivity contribution < 1.29 is 4.74 Å². The van der Waals surface area contributed by atoms with E-state index >= 15 is 0 Å². The van der Waals surface area contributed by atoms with Crippen molar-refractivity contribution in [2.24, 2.45) is 0 Å². The van der Waals surface area contributed by atoms with Gasteiger partial charge in [0.25, 0.3) is 0 Å². The van der Waals surface area contributed by atoms with Gasteiger partial charge in [-0.1, -0.05) is 15.9 Å². The zero-order valence-corrected chi connectivity index (χ0v) is 10.9. The summed E-state index contributed by atoms with van der Waals surface area (Å²) in [5, 5.41) is 3.26. The molecule has 2 rings (SSSR count). The third-order valence-corrected chi connectivity index (χ3v) is 2.66. The topological polar surface area (TPSA) is 47.0 Å². The van der Waals surface area contributed by atoms with Gasteiger partial charge >= 0.3 is 0 Å². The SMILES string of the molecule is COc1cc(Br)cc(NCc2cnccn2)c1. The minimum Gasteiger partial charge on any atom is -0.497 e. The molecule has 0 saturated heterocycles. The zero-order chi connectivity index (χ0) is 12.1. The highest BCUT2D eigenvalue weighted by molar-refractivity contribution is 9.10. The smallest absolute Gasteiger partial charge is 0.122 e. The first-order valence-corrected chi connectivity index (χ1v) is 5.90. The van der Waals surface area contributed by atoms with Crippen molar-refractivity contribution in [1.82, 2.24) is 9.97 Å². The predicted octanol–water partition coefficient (Wildman–Crippen LogP) is 2.86. The molecule has 1 heterocycles. The number of nitrogens with one attached hydrogen (secondary N) is 1. The lowest BCUT2D eigenvalue weighted by Crippen LogP contribution is -2.02. The number of methoxy groups -OCH3 is 1. The molecule has 88 valence electrons. The number of benzene rings is 1. The summed E-state index contributed by atoms with van der Waals surface area (Å²) in [4.78, 5) is 8.20. The van der Waals surface area contributed by atoms with E-state index in [0.29, 0.717) is 6.54 Å². The number of aromatic nitrogens is 2. The monoisotopic (exact) mass is 293 g/mol. The molecule has 1 aromatic carbocycles. The predicted molar refractivity (Wildman–Crippen MR) is 70.1 cm³/mol. The Morgan fingerprint density at radius 3 is 2.88 bits per heavy atom. The largest absolute Gasteiger partial charge is 0.497 e. The summed E-state index contributed by atoms with van der Waals surface area (Å²) in [5.41, 5.74) is 1.87. The Bertz CT molecular complexity index is 490. The molecule has 0 fully saturated rings. The van der Waals surface area contributed by atoms with Crippen LogP contribution in [0.15, 0.2) is 41.3 Å². The summed E-state index contributed by atoms with van der Waals surface area (Å²) < 4.78 is 6.16. The van der Waals surface area contributed by atoms with Gasteiger partial charge in [0.15, 0.2) is 0 Å². The van der Waals surface area contributed by atoms with Crippen LogP contribution >= 0.6 is 15.9 Å². The van der Waals surface area contributed by atoms with Crippen molar-refractivity contribution in [1.29, 1.82) is 0 Å². The Hall–Kier alpha value is -1.62. The van der Waals surface area contributed by atoms with Crippen LogP contribution in [-0.2, 0) is 6.54 Å². The number of rotatable bonds is 4. The molecule has 0 atom stereocenters. The van der Waals surface area contributed by atoms with Crippen LogP contribution < -0.4 is 10.1 Å². The normalized spacial score (nSPS) is 10.0. The molecule has 0 amide bonds. The zero-order valence-electron chi connectivity index (χ0n) is 9.35. The molecule has 5 heteroatoms. The highest BCUT2D eigenvalue weighted by Gasteiger charge is 2.00. The van der Waals surface area contributed by atoms with Gasteiger partial charge in [0.05, 0.1) is 25.5 Å². The average Bonchev–Trinajstić information content (AvgIpc) is 2.37. The molecule has 0 spiro atoms. The molecule has 0 saturated carbocycles. The molecule has 2 aromatic rings. The van der Waals surface area contributed by atoms with E-state index in [4.69, 9.17) is 4.74 Å². The molecule has 0 aliphatic rings. The van der Waals surface area contributed by atoms with Crippen molar-refractivity contribution in [3.05, 3.63) is 47.0 Å². The van der Waals surface area contributed by atoms with Gasteiger partial charge in [0, 0.05) is 28.6 Å².